The maximum absolute atomic E-state index is 1.42. The molecule has 0 spiro atoms. The van der Waals surface area contributed by atoms with Gasteiger partial charge in [0.15, 0.2) is 0 Å². The van der Waals surface area contributed by atoms with Crippen LogP contribution >= 0.6 is 0 Å². The minimum Gasteiger partial charge on any atom is -0.0521 e. The van der Waals surface area contributed by atoms with E-state index in [1.165, 1.54) is 98.6 Å². The molecular formula is B2Si10. The summed E-state index contributed by atoms with van der Waals surface area (Å²) in [5.41, 5.74) is 2.53. The first-order valence-corrected chi connectivity index (χ1v) is 20.9. The van der Waals surface area contributed by atoms with Crippen LogP contribution in [-0.4, -0.2) is 98.6 Å². The van der Waals surface area contributed by atoms with Crippen molar-refractivity contribution in [1.29, 1.82) is 0 Å². The highest BCUT2D eigenvalue weighted by Gasteiger charge is 2.27. The maximum Gasteiger partial charge on any atom is 0.0910 e. The van der Waals surface area contributed by atoms with E-state index in [4.69, 9.17) is 0 Å². The van der Waals surface area contributed by atoms with Gasteiger partial charge in [-0.05, 0) is 78.4 Å². The van der Waals surface area contributed by atoms with E-state index in [0.29, 0.717) is 0 Å². The minimum atomic E-state index is 1.26. The van der Waals surface area contributed by atoms with Crippen molar-refractivity contribution in [3.63, 3.8) is 0 Å². The van der Waals surface area contributed by atoms with Crippen molar-refractivity contribution in [2.45, 2.75) is 0 Å². The zero-order chi connectivity index (χ0) is 8.23. The van der Waals surface area contributed by atoms with Crippen molar-refractivity contribution < 1.29 is 0 Å². The average molecular weight is 302 g/mol. The molecule has 2 saturated heterocycles. The topological polar surface area (TPSA) is 0 Å². The van der Waals surface area contributed by atoms with Crippen LogP contribution in [-0.2, 0) is 0 Å². The zero-order valence-corrected chi connectivity index (χ0v) is 16.2. The molecule has 46 valence electrons. The molecule has 0 amide bonds. The monoisotopic (exact) mass is 302 g/mol. The summed E-state index contributed by atoms with van der Waals surface area (Å²) in [6.07, 6.45) is 0. The Morgan fingerprint density at radius 2 is 1.00 bits per heavy atom. The first-order valence-electron chi connectivity index (χ1n) is 3.48. The fraction of sp³-hybridized carbons (Fsp3) is 0. The Kier molecular flexibility index (Phi) is 5.41. The molecule has 0 bridgehead atoms. The molecule has 0 unspecified atom stereocenters. The largest absolute Gasteiger partial charge is 0.0910 e. The summed E-state index contributed by atoms with van der Waals surface area (Å²) in [6, 6.07) is 0. The van der Waals surface area contributed by atoms with Gasteiger partial charge in [0.25, 0.3) is 0 Å². The van der Waals surface area contributed by atoms with Crippen LogP contribution in [0.25, 0.3) is 0 Å². The van der Waals surface area contributed by atoms with E-state index in [9.17, 15) is 0 Å². The molecule has 2 aliphatic rings. The first kappa shape index (κ1) is 10.8. The van der Waals surface area contributed by atoms with Crippen LogP contribution in [0.1, 0.15) is 0 Å². The lowest BCUT2D eigenvalue weighted by atomic mass is 10.6. The molecule has 2 heterocycles. The van der Waals surface area contributed by atoms with Gasteiger partial charge in [-0.15, -0.1) is 0 Å². The quantitative estimate of drug-likeness (QED) is 0.451. The third-order valence-electron chi connectivity index (χ3n) is 1.39. The molecule has 0 atom stereocenters. The fourth-order valence-corrected chi connectivity index (χ4v) is 57.5. The smallest absolute Gasteiger partial charge is 0.0521 e. The van der Waals surface area contributed by atoms with Gasteiger partial charge < -0.3 is 0 Å². The lowest BCUT2D eigenvalue weighted by molar-refractivity contribution is 3.57. The lowest BCUT2D eigenvalue weighted by Crippen LogP contribution is -2.57. The van der Waals surface area contributed by atoms with Crippen LogP contribution in [0.4, 0.5) is 0 Å². The summed E-state index contributed by atoms with van der Waals surface area (Å²) in [5.74, 6) is 0. The van der Waals surface area contributed by atoms with Gasteiger partial charge in [-0.3, -0.25) is 0 Å². The number of rotatable bonds is 2. The Morgan fingerprint density at radius 1 is 0.583 bits per heavy atom. The summed E-state index contributed by atoms with van der Waals surface area (Å²) >= 11 is 0. The summed E-state index contributed by atoms with van der Waals surface area (Å²) in [5, 5.41) is 0. The zero-order valence-electron chi connectivity index (χ0n) is 6.15. The predicted molar refractivity (Wildman–Crippen MR) is 69.0 cm³/mol. The van der Waals surface area contributed by atoms with E-state index >= 15 is 0 Å². The maximum atomic E-state index is 1.42. The summed E-state index contributed by atoms with van der Waals surface area (Å²) in [7, 11) is 14.0. The van der Waals surface area contributed by atoms with Crippen LogP contribution in [0.5, 0.6) is 0 Å². The summed E-state index contributed by atoms with van der Waals surface area (Å²) in [4.78, 5) is 0. The Labute approximate surface area is 97.9 Å². The highest BCUT2D eigenvalue weighted by atomic mass is 29.8. The molecule has 0 aliphatic carbocycles. The molecular weight excluding hydrogens is 302 g/mol. The normalized spacial score (nSPS) is 25.0. The van der Waals surface area contributed by atoms with Crippen molar-refractivity contribution in [2.24, 2.45) is 0 Å². The molecule has 0 N–H and O–H groups in total. The molecule has 12 heavy (non-hydrogen) atoms. The molecule has 0 aromatic carbocycles. The molecule has 0 aromatic heterocycles. The van der Waals surface area contributed by atoms with Gasteiger partial charge in [0.2, 0.25) is 0 Å². The minimum absolute atomic E-state index is 1.26. The fourth-order valence-electron chi connectivity index (χ4n) is 0.870. The van der Waals surface area contributed by atoms with Crippen molar-refractivity contribution in [3.8, 4) is 0 Å². The average Bonchev–Trinajstić information content (AvgIpc) is 2.59. The Bertz CT molecular complexity index is 124. The summed E-state index contributed by atoms with van der Waals surface area (Å²) < 4.78 is 0. The first-order chi connectivity index (χ1) is 5.95. The molecule has 2 rings (SSSR count). The van der Waals surface area contributed by atoms with Crippen molar-refractivity contribution >= 4 is 98.6 Å². The van der Waals surface area contributed by atoms with E-state index < -0.39 is 0 Å². The van der Waals surface area contributed by atoms with Crippen LogP contribution in [0.15, 0.2) is 0 Å². The van der Waals surface area contributed by atoms with Gasteiger partial charge in [0.1, 0.15) is 0 Å². The van der Waals surface area contributed by atoms with E-state index in [1.54, 1.807) is 0 Å². The van der Waals surface area contributed by atoms with Crippen molar-refractivity contribution in [3.05, 3.63) is 0 Å². The number of hydrogen-bond donors (Lipinski definition) is 0. The van der Waals surface area contributed by atoms with Gasteiger partial charge in [-0.25, -0.2) is 0 Å². The molecule has 0 aromatic rings. The third-order valence-corrected chi connectivity index (χ3v) is 41.6. The predicted octanol–water partition coefficient (Wildman–Crippen LogP) is -4.57. The van der Waals surface area contributed by atoms with Crippen LogP contribution in [0.2, 0.25) is 0 Å². The van der Waals surface area contributed by atoms with Gasteiger partial charge in [0.05, 0.1) is 11.0 Å². The van der Waals surface area contributed by atoms with Crippen LogP contribution < -0.4 is 0 Å². The molecule has 0 saturated carbocycles. The molecule has 12 heteroatoms. The molecule has 2 aliphatic heterocycles. The van der Waals surface area contributed by atoms with Crippen LogP contribution in [0.3, 0.4) is 0 Å². The van der Waals surface area contributed by atoms with Gasteiger partial charge in [-0.1, -0.05) is 9.26 Å². The van der Waals surface area contributed by atoms with E-state index in [1.807, 2.05) is 0 Å². The Morgan fingerprint density at radius 3 is 1.50 bits per heavy atom. The second-order valence-corrected chi connectivity index (χ2v) is 30.4. The Hall–Kier alpha value is 2.30. The van der Waals surface area contributed by atoms with Gasteiger partial charge in [-0.2, -0.15) is 0 Å². The second-order valence-electron chi connectivity index (χ2n) is 2.24. The van der Waals surface area contributed by atoms with E-state index in [0.717, 1.165) is 0 Å². The van der Waals surface area contributed by atoms with Crippen molar-refractivity contribution in [2.75, 3.05) is 0 Å². The molecule has 0 nitrogen and oxygen atoms in total. The lowest BCUT2D eigenvalue weighted by Gasteiger charge is -2.17. The Balaban J connectivity index is 1.69. The van der Waals surface area contributed by atoms with Gasteiger partial charge >= 0.3 is 0 Å². The SMILES string of the molecule is [Si]1[Si][Si]B([Si]B2[Si][Si][Si][Si]2)[Si][Si]1. The molecule has 2 fully saturated rings. The number of hydrogen-bond acceptors (Lipinski definition) is 0. The van der Waals surface area contributed by atoms with E-state index in [-0.39, 0.29) is 0 Å². The van der Waals surface area contributed by atoms with Crippen molar-refractivity contribution in [1.82, 2.24) is 0 Å². The van der Waals surface area contributed by atoms with Gasteiger partial charge in [0, 0.05) is 0 Å². The second kappa shape index (κ2) is 6.01. The standard InChI is InChI=1S/B2Si10/c3(1-4-8-9-5-1)2-6-10-12-11-7-2. The van der Waals surface area contributed by atoms with Crippen LogP contribution in [0, 0.1) is 0 Å². The highest BCUT2D eigenvalue weighted by Crippen LogP contribution is 1.87. The summed E-state index contributed by atoms with van der Waals surface area (Å²) in [6.45, 7) is 0. The highest BCUT2D eigenvalue weighted by molar-refractivity contribution is 8.01. The van der Waals surface area contributed by atoms with E-state index in [2.05, 4.69) is 0 Å². The third kappa shape index (κ3) is 3.46. The molecule has 20 radical (unpaired) electrons.